The third kappa shape index (κ3) is 5.23. The van der Waals surface area contributed by atoms with Gasteiger partial charge in [0.15, 0.2) is 0 Å². The van der Waals surface area contributed by atoms with E-state index in [9.17, 15) is 13.2 Å². The number of amides is 1. The lowest BCUT2D eigenvalue weighted by Crippen LogP contribution is -2.23. The number of likely N-dealkylation sites (N-methyl/N-ethyl adjacent to an activating group) is 1. The van der Waals surface area contributed by atoms with Crippen LogP contribution >= 0.6 is 11.6 Å². The zero-order valence-electron chi connectivity index (χ0n) is 15.4. The van der Waals surface area contributed by atoms with Crippen LogP contribution in [-0.2, 0) is 21.2 Å². The van der Waals surface area contributed by atoms with Gasteiger partial charge in [-0.1, -0.05) is 29.8 Å². The Kier molecular flexibility index (Phi) is 6.24. The number of primary sulfonamides is 1. The van der Waals surface area contributed by atoms with Crippen LogP contribution in [0.15, 0.2) is 47.4 Å². The molecular formula is C19H22ClN3O4S. The number of hydrogen-bond donors (Lipinski definition) is 2. The summed E-state index contributed by atoms with van der Waals surface area (Å²) in [4.78, 5) is 14.3. The number of ether oxygens (including phenoxy) is 1. The van der Waals surface area contributed by atoms with Gasteiger partial charge in [-0.05, 0) is 43.3 Å². The van der Waals surface area contributed by atoms with Crippen molar-refractivity contribution in [1.82, 2.24) is 4.90 Å². The van der Waals surface area contributed by atoms with Crippen LogP contribution in [0.25, 0.3) is 0 Å². The summed E-state index contributed by atoms with van der Waals surface area (Å²) in [5.74, 6) is -0.133. The third-order valence-electron chi connectivity index (χ3n) is 4.48. The Bertz CT molecular complexity index is 981. The molecule has 2 aromatic carbocycles. The average molecular weight is 424 g/mol. The maximum Gasteiger partial charge on any atom is 0.241 e. The van der Waals surface area contributed by atoms with Crippen molar-refractivity contribution >= 4 is 33.2 Å². The van der Waals surface area contributed by atoms with Crippen molar-refractivity contribution in [2.45, 2.75) is 23.8 Å². The number of benzene rings is 2. The summed E-state index contributed by atoms with van der Waals surface area (Å²) in [6, 6.07) is 11.5. The molecule has 1 amide bonds. The van der Waals surface area contributed by atoms with E-state index < -0.39 is 10.0 Å². The van der Waals surface area contributed by atoms with Crippen molar-refractivity contribution in [1.29, 1.82) is 0 Å². The predicted octanol–water partition coefficient (Wildman–Crippen LogP) is 2.25. The van der Waals surface area contributed by atoms with Crippen molar-refractivity contribution in [2.24, 2.45) is 5.14 Å². The topological polar surface area (TPSA) is 102 Å². The maximum atomic E-state index is 12.3. The molecule has 150 valence electrons. The first-order valence-corrected chi connectivity index (χ1v) is 10.7. The number of anilines is 1. The molecule has 3 rings (SSSR count). The Hall–Kier alpha value is -2.13. The molecule has 7 nitrogen and oxygen atoms in total. The Morgan fingerprint density at radius 2 is 2.07 bits per heavy atom. The van der Waals surface area contributed by atoms with Crippen LogP contribution in [0, 0.1) is 0 Å². The Morgan fingerprint density at radius 1 is 1.32 bits per heavy atom. The van der Waals surface area contributed by atoms with Gasteiger partial charge in [0.25, 0.3) is 0 Å². The van der Waals surface area contributed by atoms with E-state index in [0.717, 1.165) is 13.0 Å². The van der Waals surface area contributed by atoms with Crippen LogP contribution in [-0.4, -0.2) is 45.5 Å². The molecule has 1 saturated heterocycles. The van der Waals surface area contributed by atoms with Crippen LogP contribution < -0.4 is 15.2 Å². The second-order valence-electron chi connectivity index (χ2n) is 6.81. The summed E-state index contributed by atoms with van der Waals surface area (Å²) >= 11 is 6.07. The Labute approximate surface area is 169 Å². The summed E-state index contributed by atoms with van der Waals surface area (Å²) in [5, 5.41) is 8.52. The number of likely N-dealkylation sites (tertiary alicyclic amines) is 1. The molecule has 0 bridgehead atoms. The average Bonchev–Trinajstić information content (AvgIpc) is 3.02. The smallest absolute Gasteiger partial charge is 0.241 e. The van der Waals surface area contributed by atoms with Gasteiger partial charge in [0.05, 0.1) is 6.42 Å². The van der Waals surface area contributed by atoms with Gasteiger partial charge >= 0.3 is 0 Å². The van der Waals surface area contributed by atoms with Crippen LogP contribution in [0.5, 0.6) is 5.75 Å². The second-order valence-corrected chi connectivity index (χ2v) is 8.75. The minimum Gasteiger partial charge on any atom is -0.488 e. The van der Waals surface area contributed by atoms with Crippen molar-refractivity contribution in [3.8, 4) is 5.75 Å². The minimum absolute atomic E-state index is 0.0665. The Morgan fingerprint density at radius 3 is 2.71 bits per heavy atom. The maximum absolute atomic E-state index is 12.3. The second kappa shape index (κ2) is 8.48. The van der Waals surface area contributed by atoms with Gasteiger partial charge in [0, 0.05) is 23.8 Å². The molecule has 28 heavy (non-hydrogen) atoms. The van der Waals surface area contributed by atoms with Gasteiger partial charge in [-0.25, -0.2) is 13.6 Å². The number of nitrogens with one attached hydrogen (secondary N) is 1. The SMILES string of the molecule is CN1CCC(Oc2ccc(NC(=O)Cc3ccccc3Cl)cc2S(N)(=O)=O)C1. The molecule has 1 heterocycles. The van der Waals surface area contributed by atoms with Gasteiger partial charge in [0.2, 0.25) is 15.9 Å². The highest BCUT2D eigenvalue weighted by atomic mass is 35.5. The highest BCUT2D eigenvalue weighted by molar-refractivity contribution is 7.89. The fourth-order valence-electron chi connectivity index (χ4n) is 3.10. The molecule has 2 aromatic rings. The highest BCUT2D eigenvalue weighted by Crippen LogP contribution is 2.29. The highest BCUT2D eigenvalue weighted by Gasteiger charge is 2.24. The molecule has 0 aromatic heterocycles. The number of hydrogen-bond acceptors (Lipinski definition) is 5. The van der Waals surface area contributed by atoms with Crippen LogP contribution in [0.3, 0.4) is 0 Å². The standard InChI is InChI=1S/C19H22ClN3O4S/c1-23-9-8-15(12-23)27-17-7-6-14(11-18(17)28(21,25)26)22-19(24)10-13-4-2-3-5-16(13)20/h2-7,11,15H,8-10,12H2,1H3,(H,22,24)(H2,21,25,26). The van der Waals surface area contributed by atoms with Crippen molar-refractivity contribution < 1.29 is 17.9 Å². The lowest BCUT2D eigenvalue weighted by atomic mass is 10.1. The first-order chi connectivity index (χ1) is 13.2. The van der Waals surface area contributed by atoms with Crippen LogP contribution in [0.4, 0.5) is 5.69 Å². The van der Waals surface area contributed by atoms with E-state index in [1.54, 1.807) is 30.3 Å². The van der Waals surface area contributed by atoms with Gasteiger partial charge in [0.1, 0.15) is 16.7 Å². The number of rotatable bonds is 6. The van der Waals surface area contributed by atoms with Crippen molar-refractivity contribution in [3.05, 3.63) is 53.1 Å². The van der Waals surface area contributed by atoms with E-state index in [0.29, 0.717) is 22.8 Å². The third-order valence-corrected chi connectivity index (χ3v) is 5.79. The van der Waals surface area contributed by atoms with Gasteiger partial charge in [-0.15, -0.1) is 0 Å². The number of sulfonamides is 1. The number of nitrogens with two attached hydrogens (primary N) is 1. The first kappa shape index (κ1) is 20.6. The molecule has 3 N–H and O–H groups in total. The van der Waals surface area contributed by atoms with Gasteiger partial charge in [-0.2, -0.15) is 0 Å². The molecule has 1 aliphatic heterocycles. The van der Waals surface area contributed by atoms with E-state index in [1.807, 2.05) is 7.05 Å². The zero-order valence-corrected chi connectivity index (χ0v) is 17.0. The molecule has 0 spiro atoms. The van der Waals surface area contributed by atoms with Crippen LogP contribution in [0.2, 0.25) is 5.02 Å². The Balaban J connectivity index is 1.77. The molecule has 0 saturated carbocycles. The van der Waals surface area contributed by atoms with E-state index in [1.165, 1.54) is 12.1 Å². The zero-order chi connectivity index (χ0) is 20.3. The first-order valence-electron chi connectivity index (χ1n) is 8.77. The molecule has 1 aliphatic rings. The molecule has 1 fully saturated rings. The molecule has 1 atom stereocenters. The number of nitrogens with zero attached hydrogens (tertiary/aromatic N) is 1. The van der Waals surface area contributed by atoms with E-state index in [4.69, 9.17) is 21.5 Å². The molecule has 9 heteroatoms. The van der Waals surface area contributed by atoms with E-state index >= 15 is 0 Å². The molecule has 0 radical (unpaired) electrons. The van der Waals surface area contributed by atoms with Gasteiger partial charge < -0.3 is 15.0 Å². The summed E-state index contributed by atoms with van der Waals surface area (Å²) in [6.07, 6.45) is 0.764. The lowest BCUT2D eigenvalue weighted by Gasteiger charge is -2.17. The summed E-state index contributed by atoms with van der Waals surface area (Å²) in [5.41, 5.74) is 0.996. The van der Waals surface area contributed by atoms with E-state index in [-0.39, 0.29) is 29.1 Å². The predicted molar refractivity (Wildman–Crippen MR) is 108 cm³/mol. The number of halogens is 1. The summed E-state index contributed by atoms with van der Waals surface area (Å²) < 4.78 is 29.9. The normalized spacial score (nSPS) is 17.5. The number of carbonyl (C=O) groups is 1. The van der Waals surface area contributed by atoms with Crippen molar-refractivity contribution in [2.75, 3.05) is 25.5 Å². The van der Waals surface area contributed by atoms with Crippen LogP contribution in [0.1, 0.15) is 12.0 Å². The van der Waals surface area contributed by atoms with Crippen molar-refractivity contribution in [3.63, 3.8) is 0 Å². The largest absolute Gasteiger partial charge is 0.488 e. The lowest BCUT2D eigenvalue weighted by molar-refractivity contribution is -0.115. The summed E-state index contributed by atoms with van der Waals surface area (Å²) in [7, 11) is -2.05. The molecule has 1 unspecified atom stereocenters. The quantitative estimate of drug-likeness (QED) is 0.741. The molecule has 0 aliphatic carbocycles. The van der Waals surface area contributed by atoms with E-state index in [2.05, 4.69) is 10.2 Å². The van der Waals surface area contributed by atoms with Gasteiger partial charge in [-0.3, -0.25) is 4.79 Å². The number of carbonyl (C=O) groups excluding carboxylic acids is 1. The molecular weight excluding hydrogens is 402 g/mol. The summed E-state index contributed by atoms with van der Waals surface area (Å²) in [6.45, 7) is 1.59. The minimum atomic E-state index is -4.02. The monoisotopic (exact) mass is 423 g/mol. The fraction of sp³-hybridized carbons (Fsp3) is 0.316. The fourth-order valence-corrected chi connectivity index (χ4v) is 3.99.